The first-order valence-electron chi connectivity index (χ1n) is 4.62. The maximum absolute atomic E-state index is 10.8. The first-order chi connectivity index (χ1) is 6.62. The van der Waals surface area contributed by atoms with E-state index in [2.05, 4.69) is 0 Å². The Hall–Kier alpha value is -1.35. The first kappa shape index (κ1) is 9.21. The molecule has 0 aromatic heterocycles. The van der Waals surface area contributed by atoms with E-state index in [1.807, 2.05) is 18.2 Å². The van der Waals surface area contributed by atoms with Gasteiger partial charge in [0.2, 0.25) is 5.79 Å². The van der Waals surface area contributed by atoms with Crippen LogP contribution in [0.15, 0.2) is 24.3 Å². The predicted octanol–water partition coefficient (Wildman–Crippen LogP) is 1.34. The van der Waals surface area contributed by atoms with Gasteiger partial charge in [-0.05, 0) is 12.0 Å². The molecule has 0 aliphatic heterocycles. The molecule has 0 radical (unpaired) electrons. The molecule has 2 rings (SSSR count). The van der Waals surface area contributed by atoms with Gasteiger partial charge in [-0.2, -0.15) is 0 Å². The number of hydrogen-bond donors (Lipinski definition) is 1. The van der Waals surface area contributed by atoms with Crippen LogP contribution in [-0.2, 0) is 21.7 Å². The lowest BCUT2D eigenvalue weighted by Crippen LogP contribution is -2.28. The minimum Gasteiger partial charge on any atom is -0.429 e. The fourth-order valence-corrected chi connectivity index (χ4v) is 1.90. The first-order valence-corrected chi connectivity index (χ1v) is 4.62. The SMILES string of the molecule is CC(=O)OC1(O)CCc2ccccc21. The Balaban J connectivity index is 2.37. The van der Waals surface area contributed by atoms with Crippen molar-refractivity contribution in [2.45, 2.75) is 25.6 Å². The number of carbonyl (C=O) groups excluding carboxylic acids is 1. The Morgan fingerprint density at radius 1 is 1.50 bits per heavy atom. The van der Waals surface area contributed by atoms with Crippen molar-refractivity contribution >= 4 is 5.97 Å². The van der Waals surface area contributed by atoms with Gasteiger partial charge in [0.1, 0.15) is 0 Å². The smallest absolute Gasteiger partial charge is 0.305 e. The summed E-state index contributed by atoms with van der Waals surface area (Å²) < 4.78 is 4.94. The lowest BCUT2D eigenvalue weighted by Gasteiger charge is -2.22. The second-order valence-corrected chi connectivity index (χ2v) is 3.54. The third kappa shape index (κ3) is 1.40. The Bertz CT molecular complexity index is 373. The number of fused-ring (bicyclic) bond motifs is 1. The Morgan fingerprint density at radius 2 is 2.21 bits per heavy atom. The molecular weight excluding hydrogens is 180 g/mol. The van der Waals surface area contributed by atoms with E-state index in [1.165, 1.54) is 6.92 Å². The third-order valence-electron chi connectivity index (χ3n) is 2.48. The normalized spacial score (nSPS) is 24.4. The molecule has 0 saturated heterocycles. The van der Waals surface area contributed by atoms with Crippen molar-refractivity contribution in [2.24, 2.45) is 0 Å². The predicted molar refractivity (Wildman–Crippen MR) is 50.4 cm³/mol. The van der Waals surface area contributed by atoms with E-state index in [9.17, 15) is 9.90 Å². The van der Waals surface area contributed by atoms with E-state index >= 15 is 0 Å². The van der Waals surface area contributed by atoms with Gasteiger partial charge in [0.25, 0.3) is 0 Å². The fourth-order valence-electron chi connectivity index (χ4n) is 1.90. The zero-order valence-corrected chi connectivity index (χ0v) is 7.99. The summed E-state index contributed by atoms with van der Waals surface area (Å²) in [6, 6.07) is 7.49. The topological polar surface area (TPSA) is 46.5 Å². The summed E-state index contributed by atoms with van der Waals surface area (Å²) in [6.45, 7) is 1.30. The number of ether oxygens (including phenoxy) is 1. The van der Waals surface area contributed by atoms with Gasteiger partial charge < -0.3 is 9.84 Å². The van der Waals surface area contributed by atoms with E-state index in [-0.39, 0.29) is 0 Å². The lowest BCUT2D eigenvalue weighted by molar-refractivity contribution is -0.211. The van der Waals surface area contributed by atoms with Crippen molar-refractivity contribution in [3.8, 4) is 0 Å². The highest BCUT2D eigenvalue weighted by Gasteiger charge is 2.39. The largest absolute Gasteiger partial charge is 0.429 e. The van der Waals surface area contributed by atoms with Gasteiger partial charge in [-0.15, -0.1) is 0 Å². The van der Waals surface area contributed by atoms with Gasteiger partial charge in [0, 0.05) is 18.9 Å². The molecule has 1 aliphatic carbocycles. The standard InChI is InChI=1S/C11H12O3/c1-8(12)14-11(13)7-6-9-4-2-3-5-10(9)11/h2-5,13H,6-7H2,1H3. The van der Waals surface area contributed by atoms with Gasteiger partial charge in [-0.3, -0.25) is 4.79 Å². The highest BCUT2D eigenvalue weighted by molar-refractivity contribution is 5.67. The Morgan fingerprint density at radius 3 is 2.93 bits per heavy atom. The summed E-state index contributed by atoms with van der Waals surface area (Å²) in [6.07, 6.45) is 1.20. The van der Waals surface area contributed by atoms with Crippen LogP contribution >= 0.6 is 0 Å². The summed E-state index contributed by atoms with van der Waals surface area (Å²) in [4.78, 5) is 10.8. The van der Waals surface area contributed by atoms with Crippen LogP contribution in [-0.4, -0.2) is 11.1 Å². The minimum atomic E-state index is -1.40. The molecule has 1 aromatic rings. The van der Waals surface area contributed by atoms with Crippen molar-refractivity contribution in [3.05, 3.63) is 35.4 Å². The van der Waals surface area contributed by atoms with E-state index in [0.29, 0.717) is 6.42 Å². The van der Waals surface area contributed by atoms with Crippen LogP contribution in [0.5, 0.6) is 0 Å². The van der Waals surface area contributed by atoms with E-state index in [4.69, 9.17) is 4.74 Å². The molecule has 0 amide bonds. The summed E-state index contributed by atoms with van der Waals surface area (Å²) in [7, 11) is 0. The molecule has 0 saturated carbocycles. The second kappa shape index (κ2) is 3.10. The maximum atomic E-state index is 10.8. The van der Waals surface area contributed by atoms with Gasteiger partial charge in [0.15, 0.2) is 0 Å². The second-order valence-electron chi connectivity index (χ2n) is 3.54. The van der Waals surface area contributed by atoms with E-state index in [0.717, 1.165) is 17.5 Å². The summed E-state index contributed by atoms with van der Waals surface area (Å²) in [5.74, 6) is -1.85. The molecule has 14 heavy (non-hydrogen) atoms. The van der Waals surface area contributed by atoms with Crippen LogP contribution in [0.1, 0.15) is 24.5 Å². The minimum absolute atomic E-state index is 0.450. The fraction of sp³-hybridized carbons (Fsp3) is 0.364. The molecule has 0 heterocycles. The van der Waals surface area contributed by atoms with Crippen molar-refractivity contribution < 1.29 is 14.6 Å². The zero-order valence-electron chi connectivity index (χ0n) is 7.99. The molecule has 1 aromatic carbocycles. The number of aryl methyl sites for hydroxylation is 1. The Kier molecular flexibility index (Phi) is 2.04. The van der Waals surface area contributed by atoms with Gasteiger partial charge in [-0.1, -0.05) is 24.3 Å². The highest BCUT2D eigenvalue weighted by Crippen LogP contribution is 2.37. The summed E-state index contributed by atoms with van der Waals surface area (Å²) in [5, 5.41) is 10.1. The monoisotopic (exact) mass is 192 g/mol. The van der Waals surface area contributed by atoms with Crippen LogP contribution in [0.2, 0.25) is 0 Å². The molecule has 3 heteroatoms. The molecule has 3 nitrogen and oxygen atoms in total. The molecule has 1 aliphatic rings. The van der Waals surface area contributed by atoms with E-state index < -0.39 is 11.8 Å². The van der Waals surface area contributed by atoms with Crippen LogP contribution < -0.4 is 0 Å². The number of rotatable bonds is 1. The molecule has 0 bridgehead atoms. The van der Waals surface area contributed by atoms with Crippen molar-refractivity contribution in [3.63, 3.8) is 0 Å². The van der Waals surface area contributed by atoms with Crippen LogP contribution in [0.25, 0.3) is 0 Å². The van der Waals surface area contributed by atoms with Gasteiger partial charge in [-0.25, -0.2) is 0 Å². The molecule has 1 unspecified atom stereocenters. The van der Waals surface area contributed by atoms with Gasteiger partial charge >= 0.3 is 5.97 Å². The molecule has 0 spiro atoms. The maximum Gasteiger partial charge on any atom is 0.305 e. The Labute approximate surface area is 82.3 Å². The zero-order chi connectivity index (χ0) is 10.2. The van der Waals surface area contributed by atoms with Crippen molar-refractivity contribution in [2.75, 3.05) is 0 Å². The van der Waals surface area contributed by atoms with Crippen LogP contribution in [0, 0.1) is 0 Å². The van der Waals surface area contributed by atoms with Crippen molar-refractivity contribution in [1.82, 2.24) is 0 Å². The molecule has 1 N–H and O–H groups in total. The number of aliphatic hydroxyl groups is 1. The average Bonchev–Trinajstić information content (AvgIpc) is 2.44. The molecule has 0 fully saturated rings. The quantitative estimate of drug-likeness (QED) is 0.539. The average molecular weight is 192 g/mol. The van der Waals surface area contributed by atoms with Crippen LogP contribution in [0.4, 0.5) is 0 Å². The highest BCUT2D eigenvalue weighted by atomic mass is 16.7. The lowest BCUT2D eigenvalue weighted by atomic mass is 10.1. The van der Waals surface area contributed by atoms with Crippen molar-refractivity contribution in [1.29, 1.82) is 0 Å². The summed E-state index contributed by atoms with van der Waals surface area (Å²) >= 11 is 0. The van der Waals surface area contributed by atoms with Gasteiger partial charge in [0.05, 0.1) is 0 Å². The number of hydrogen-bond acceptors (Lipinski definition) is 3. The number of benzene rings is 1. The molecule has 74 valence electrons. The summed E-state index contributed by atoms with van der Waals surface area (Å²) in [5.41, 5.74) is 1.77. The number of esters is 1. The molecular formula is C11H12O3. The third-order valence-corrected chi connectivity index (χ3v) is 2.48. The van der Waals surface area contributed by atoms with E-state index in [1.54, 1.807) is 6.07 Å². The molecule has 1 atom stereocenters. The van der Waals surface area contributed by atoms with Crippen LogP contribution in [0.3, 0.4) is 0 Å². The number of carbonyl (C=O) groups is 1.